The van der Waals surface area contributed by atoms with E-state index in [-0.39, 0.29) is 5.91 Å². The van der Waals surface area contributed by atoms with E-state index in [0.29, 0.717) is 28.7 Å². The molecule has 0 aliphatic carbocycles. The summed E-state index contributed by atoms with van der Waals surface area (Å²) in [5, 5.41) is 1.51. The van der Waals surface area contributed by atoms with Crippen molar-refractivity contribution in [2.24, 2.45) is 0 Å². The quantitative estimate of drug-likeness (QED) is 0.473. The number of benzene rings is 2. The summed E-state index contributed by atoms with van der Waals surface area (Å²) in [5.74, 6) is -0.0203. The zero-order valence-corrected chi connectivity index (χ0v) is 17.1. The molecule has 2 N–H and O–H groups in total. The lowest BCUT2D eigenvalue weighted by Gasteiger charge is -2.28. The molecule has 0 saturated heterocycles. The summed E-state index contributed by atoms with van der Waals surface area (Å²) < 4.78 is 0. The summed E-state index contributed by atoms with van der Waals surface area (Å²) in [6.45, 7) is 1.32. The van der Waals surface area contributed by atoms with Gasteiger partial charge in [-0.1, -0.05) is 48.0 Å². The molecule has 6 heteroatoms. The Hall–Kier alpha value is -2.89. The molecule has 144 valence electrons. The Labute approximate surface area is 177 Å². The average molecular weight is 420 g/mol. The van der Waals surface area contributed by atoms with E-state index in [9.17, 15) is 4.79 Å². The molecular formula is C23H18ClN3OS. The summed E-state index contributed by atoms with van der Waals surface area (Å²) in [6.07, 6.45) is 0.867. The van der Waals surface area contributed by atoms with E-state index in [2.05, 4.69) is 12.1 Å². The third-order valence-corrected chi connectivity index (χ3v) is 6.70. The zero-order chi connectivity index (χ0) is 20.0. The second kappa shape index (κ2) is 7.17. The van der Waals surface area contributed by atoms with Crippen LogP contribution in [0.15, 0.2) is 60.7 Å². The van der Waals surface area contributed by atoms with Crippen LogP contribution in [-0.2, 0) is 13.0 Å². The summed E-state index contributed by atoms with van der Waals surface area (Å²) in [7, 11) is 0. The first-order valence-electron chi connectivity index (χ1n) is 9.41. The molecule has 29 heavy (non-hydrogen) atoms. The van der Waals surface area contributed by atoms with E-state index < -0.39 is 0 Å². The first kappa shape index (κ1) is 18.2. The number of halogens is 1. The van der Waals surface area contributed by atoms with Gasteiger partial charge < -0.3 is 10.6 Å². The maximum atomic E-state index is 13.2. The number of nitrogens with zero attached hydrogens (tertiary/aromatic N) is 2. The number of nitrogen functional groups attached to an aromatic ring is 1. The molecule has 4 aromatic rings. The molecule has 3 heterocycles. The SMILES string of the molecule is Nc1c(C(=O)N2CCc3ccccc3C2)sc2nc(-c3ccc(Cl)cc3)ccc12. The summed E-state index contributed by atoms with van der Waals surface area (Å²) >= 11 is 7.35. The van der Waals surface area contributed by atoms with Gasteiger partial charge in [0.1, 0.15) is 9.71 Å². The van der Waals surface area contributed by atoms with E-state index in [1.807, 2.05) is 53.4 Å². The van der Waals surface area contributed by atoms with Crippen molar-refractivity contribution in [3.8, 4) is 11.3 Å². The van der Waals surface area contributed by atoms with Gasteiger partial charge in [0.2, 0.25) is 0 Å². The molecule has 0 saturated carbocycles. The van der Waals surface area contributed by atoms with E-state index >= 15 is 0 Å². The first-order chi connectivity index (χ1) is 14.1. The van der Waals surface area contributed by atoms with E-state index in [1.165, 1.54) is 22.5 Å². The van der Waals surface area contributed by atoms with E-state index in [4.69, 9.17) is 22.3 Å². The van der Waals surface area contributed by atoms with Crippen molar-refractivity contribution in [2.75, 3.05) is 12.3 Å². The fourth-order valence-electron chi connectivity index (χ4n) is 3.75. The Kier molecular flexibility index (Phi) is 4.49. The van der Waals surface area contributed by atoms with Gasteiger partial charge >= 0.3 is 0 Å². The molecule has 2 aromatic heterocycles. The second-order valence-corrected chi connectivity index (χ2v) is 8.58. The highest BCUT2D eigenvalue weighted by Crippen LogP contribution is 2.36. The minimum absolute atomic E-state index is 0.0203. The molecule has 1 amide bonds. The summed E-state index contributed by atoms with van der Waals surface area (Å²) in [6, 6.07) is 19.7. The van der Waals surface area contributed by atoms with Crippen LogP contribution in [0, 0.1) is 0 Å². The molecule has 1 aliphatic heterocycles. The standard InChI is InChI=1S/C23H18ClN3OS/c24-17-7-5-15(6-8-17)19-10-9-18-20(25)21(29-22(18)26-19)23(28)27-12-11-14-3-1-2-4-16(14)13-27/h1-10H,11-13,25H2. The van der Waals surface area contributed by atoms with Gasteiger partial charge in [-0.3, -0.25) is 4.79 Å². The predicted octanol–water partition coefficient (Wildman–Crippen LogP) is 5.40. The Bertz CT molecular complexity index is 1230. The van der Waals surface area contributed by atoms with E-state index in [1.54, 1.807) is 0 Å². The lowest BCUT2D eigenvalue weighted by molar-refractivity contribution is 0.0740. The smallest absolute Gasteiger partial charge is 0.266 e. The number of pyridine rings is 1. The highest BCUT2D eigenvalue weighted by Gasteiger charge is 2.26. The Morgan fingerprint density at radius 3 is 2.59 bits per heavy atom. The van der Waals surface area contributed by atoms with Crippen molar-refractivity contribution in [3.05, 3.63) is 81.7 Å². The average Bonchev–Trinajstić information content (AvgIpc) is 3.09. The van der Waals surface area contributed by atoms with Gasteiger partial charge in [0.05, 0.1) is 11.4 Å². The summed E-state index contributed by atoms with van der Waals surface area (Å²) in [4.78, 5) is 21.2. The minimum atomic E-state index is -0.0203. The molecule has 0 atom stereocenters. The number of thiophene rings is 1. The van der Waals surface area contributed by atoms with Gasteiger partial charge in [-0.05, 0) is 41.8 Å². The molecule has 5 rings (SSSR count). The van der Waals surface area contributed by atoms with Crippen molar-refractivity contribution in [1.82, 2.24) is 9.88 Å². The maximum Gasteiger partial charge on any atom is 0.266 e. The molecule has 0 bridgehead atoms. The fraction of sp³-hybridized carbons (Fsp3) is 0.130. The monoisotopic (exact) mass is 419 g/mol. The topological polar surface area (TPSA) is 59.2 Å². The number of carbonyl (C=O) groups is 1. The Balaban J connectivity index is 1.48. The normalized spacial score (nSPS) is 13.5. The predicted molar refractivity (Wildman–Crippen MR) is 119 cm³/mol. The Morgan fingerprint density at radius 2 is 1.79 bits per heavy atom. The molecule has 4 nitrogen and oxygen atoms in total. The molecule has 0 spiro atoms. The van der Waals surface area contributed by atoms with Crippen molar-refractivity contribution in [2.45, 2.75) is 13.0 Å². The van der Waals surface area contributed by atoms with Crippen LogP contribution in [0.5, 0.6) is 0 Å². The maximum absolute atomic E-state index is 13.2. The van der Waals surface area contributed by atoms with Crippen LogP contribution in [0.25, 0.3) is 21.5 Å². The van der Waals surface area contributed by atoms with Crippen LogP contribution in [0.1, 0.15) is 20.8 Å². The molecule has 0 fully saturated rings. The minimum Gasteiger partial charge on any atom is -0.397 e. The van der Waals surface area contributed by atoms with Crippen LogP contribution in [0.3, 0.4) is 0 Å². The Morgan fingerprint density at radius 1 is 1.03 bits per heavy atom. The van der Waals surface area contributed by atoms with Gasteiger partial charge in [0, 0.05) is 29.1 Å². The fourth-order valence-corrected chi connectivity index (χ4v) is 4.94. The largest absolute Gasteiger partial charge is 0.397 e. The van der Waals surface area contributed by atoms with Gasteiger partial charge in [0.25, 0.3) is 5.91 Å². The number of carbonyl (C=O) groups excluding carboxylic acids is 1. The van der Waals surface area contributed by atoms with Gasteiger partial charge in [-0.15, -0.1) is 11.3 Å². The van der Waals surface area contributed by atoms with Crippen LogP contribution in [0.2, 0.25) is 5.02 Å². The lowest BCUT2D eigenvalue weighted by Crippen LogP contribution is -2.35. The number of hydrogen-bond donors (Lipinski definition) is 1. The van der Waals surface area contributed by atoms with Gasteiger partial charge in [-0.2, -0.15) is 0 Å². The van der Waals surface area contributed by atoms with Crippen LogP contribution in [-0.4, -0.2) is 22.3 Å². The number of rotatable bonds is 2. The van der Waals surface area contributed by atoms with Crippen LogP contribution >= 0.6 is 22.9 Å². The molecule has 1 aliphatic rings. The zero-order valence-electron chi connectivity index (χ0n) is 15.6. The highest BCUT2D eigenvalue weighted by molar-refractivity contribution is 7.21. The number of fused-ring (bicyclic) bond motifs is 2. The van der Waals surface area contributed by atoms with Crippen molar-refractivity contribution < 1.29 is 4.79 Å². The second-order valence-electron chi connectivity index (χ2n) is 7.15. The number of amides is 1. The van der Waals surface area contributed by atoms with Crippen LogP contribution < -0.4 is 5.73 Å². The number of anilines is 1. The van der Waals surface area contributed by atoms with Crippen molar-refractivity contribution in [1.29, 1.82) is 0 Å². The first-order valence-corrected chi connectivity index (χ1v) is 10.6. The van der Waals surface area contributed by atoms with Gasteiger partial charge in [-0.25, -0.2) is 4.98 Å². The number of hydrogen-bond acceptors (Lipinski definition) is 4. The number of aromatic nitrogens is 1. The third kappa shape index (κ3) is 3.26. The van der Waals surface area contributed by atoms with Crippen molar-refractivity contribution in [3.63, 3.8) is 0 Å². The van der Waals surface area contributed by atoms with E-state index in [0.717, 1.165) is 27.9 Å². The molecule has 0 unspecified atom stereocenters. The molecule has 0 radical (unpaired) electrons. The molecular weight excluding hydrogens is 402 g/mol. The number of nitrogens with two attached hydrogens (primary N) is 1. The third-order valence-electron chi connectivity index (χ3n) is 5.35. The highest BCUT2D eigenvalue weighted by atomic mass is 35.5. The van der Waals surface area contributed by atoms with Crippen molar-refractivity contribution >= 4 is 44.7 Å². The molecule has 2 aromatic carbocycles. The summed E-state index contributed by atoms with van der Waals surface area (Å²) in [5.41, 5.74) is 11.2. The van der Waals surface area contributed by atoms with Crippen LogP contribution in [0.4, 0.5) is 5.69 Å². The van der Waals surface area contributed by atoms with Gasteiger partial charge in [0.15, 0.2) is 0 Å². The lowest BCUT2D eigenvalue weighted by atomic mass is 10.00.